The van der Waals surface area contributed by atoms with Crippen LogP contribution in [0.2, 0.25) is 0 Å². The third-order valence-corrected chi connectivity index (χ3v) is 3.89. The number of hydrogen-bond donors (Lipinski definition) is 0. The molecule has 0 bridgehead atoms. The van der Waals surface area contributed by atoms with E-state index >= 15 is 0 Å². The second kappa shape index (κ2) is 13.1. The van der Waals surface area contributed by atoms with E-state index in [1.165, 1.54) is 0 Å². The van der Waals surface area contributed by atoms with Crippen LogP contribution in [0.4, 0.5) is 0 Å². The van der Waals surface area contributed by atoms with Gasteiger partial charge in [-0.3, -0.25) is 0 Å². The van der Waals surface area contributed by atoms with Crippen LogP contribution in [0, 0.1) is 0 Å². The van der Waals surface area contributed by atoms with Crippen LogP contribution < -0.4 is 49.6 Å². The Kier molecular flexibility index (Phi) is 18.7. The van der Waals surface area contributed by atoms with Gasteiger partial charge in [0.15, 0.2) is 0 Å². The number of sulfone groups is 1. The average molecular weight is 451 g/mol. The second-order valence-corrected chi connectivity index (χ2v) is 5.08. The summed E-state index contributed by atoms with van der Waals surface area (Å²) in [4.78, 5) is 0.660. The van der Waals surface area contributed by atoms with Crippen molar-refractivity contribution in [2.45, 2.75) is 9.79 Å². The molecule has 0 saturated heterocycles. The zero-order valence-electron chi connectivity index (χ0n) is 10.0. The molecule has 0 aliphatic rings. The van der Waals surface area contributed by atoms with Crippen LogP contribution >= 0.6 is 0 Å². The summed E-state index contributed by atoms with van der Waals surface area (Å²) < 4.78 is 24.1. The smallest absolute Gasteiger partial charge is 1.00 e. The standard InChI is InChI=1S/C12H10O2S.4ClH.Zr/c13-15(14,11-7-3-1-4-8-11)12-9-5-2-6-10-12;;;;;/h1-10H;4*1H;/q;;;;;+4/p-4. The molecule has 108 valence electrons. The Balaban J connectivity index is -0.000000256. The van der Waals surface area contributed by atoms with Crippen LogP contribution in [0.3, 0.4) is 0 Å². The minimum Gasteiger partial charge on any atom is -1.00 e. The van der Waals surface area contributed by atoms with Gasteiger partial charge in [-0.05, 0) is 24.3 Å². The predicted molar refractivity (Wildman–Crippen MR) is 58.3 cm³/mol. The molecule has 2 aromatic rings. The molecule has 0 spiro atoms. The van der Waals surface area contributed by atoms with Crippen molar-refractivity contribution in [3.8, 4) is 0 Å². The monoisotopic (exact) mass is 448 g/mol. The van der Waals surface area contributed by atoms with E-state index in [0.29, 0.717) is 9.79 Å². The Morgan fingerprint density at radius 3 is 1.05 bits per heavy atom. The Labute approximate surface area is 163 Å². The van der Waals surface area contributed by atoms with E-state index < -0.39 is 9.84 Å². The van der Waals surface area contributed by atoms with E-state index in [0.717, 1.165) is 0 Å². The van der Waals surface area contributed by atoms with Gasteiger partial charge < -0.3 is 49.6 Å². The van der Waals surface area contributed by atoms with Crippen molar-refractivity contribution in [2.75, 3.05) is 0 Å². The summed E-state index contributed by atoms with van der Waals surface area (Å²) in [6.45, 7) is 0. The van der Waals surface area contributed by atoms with E-state index in [2.05, 4.69) is 0 Å². The van der Waals surface area contributed by atoms with Crippen LogP contribution in [0.5, 0.6) is 0 Å². The molecule has 0 aliphatic heterocycles. The first-order valence-electron chi connectivity index (χ1n) is 4.56. The summed E-state index contributed by atoms with van der Waals surface area (Å²) in [5.41, 5.74) is 0. The number of benzene rings is 2. The molecule has 2 nitrogen and oxygen atoms in total. The SMILES string of the molecule is O=S(=O)(c1ccccc1)c1ccccc1.[Cl-].[Cl-].[Cl-].[Cl-].[Zr+4]. The van der Waals surface area contributed by atoms with Crippen LogP contribution in [0.1, 0.15) is 0 Å². The summed E-state index contributed by atoms with van der Waals surface area (Å²) in [7, 11) is -3.34. The molecule has 0 atom stereocenters. The fourth-order valence-corrected chi connectivity index (χ4v) is 2.64. The van der Waals surface area contributed by atoms with E-state index in [4.69, 9.17) is 0 Å². The molecule has 0 N–H and O–H groups in total. The normalized spacial score (nSPS) is 8.40. The Morgan fingerprint density at radius 2 is 0.800 bits per heavy atom. The number of hydrogen-bond acceptors (Lipinski definition) is 2. The van der Waals surface area contributed by atoms with Crippen LogP contribution in [-0.2, 0) is 36.0 Å². The Morgan fingerprint density at radius 1 is 0.550 bits per heavy atom. The van der Waals surface area contributed by atoms with Crippen molar-refractivity contribution in [3.05, 3.63) is 60.7 Å². The molecular formula is C12H10Cl4O2SZr. The predicted octanol–water partition coefficient (Wildman–Crippen LogP) is -9.47. The van der Waals surface area contributed by atoms with Crippen LogP contribution in [0.15, 0.2) is 70.5 Å². The minimum atomic E-state index is -3.34. The maximum atomic E-state index is 12.0. The number of halogens is 4. The first kappa shape index (κ1) is 28.6. The van der Waals surface area contributed by atoms with Crippen molar-refractivity contribution in [2.24, 2.45) is 0 Å². The maximum Gasteiger partial charge on any atom is 4.00 e. The van der Waals surface area contributed by atoms with Crippen molar-refractivity contribution in [1.82, 2.24) is 0 Å². The summed E-state index contributed by atoms with van der Waals surface area (Å²) in [6, 6.07) is 16.9. The van der Waals surface area contributed by atoms with Crippen LogP contribution in [-0.4, -0.2) is 8.42 Å². The summed E-state index contributed by atoms with van der Waals surface area (Å²) in [5, 5.41) is 0. The fraction of sp³-hybridized carbons (Fsp3) is 0. The third-order valence-electron chi connectivity index (χ3n) is 2.11. The zero-order chi connectivity index (χ0) is 10.7. The van der Waals surface area contributed by atoms with E-state index in [9.17, 15) is 8.42 Å². The van der Waals surface area contributed by atoms with Gasteiger partial charge in [-0.15, -0.1) is 0 Å². The van der Waals surface area contributed by atoms with E-state index in [-0.39, 0.29) is 75.8 Å². The molecule has 0 radical (unpaired) electrons. The van der Waals surface area contributed by atoms with Gasteiger partial charge in [0, 0.05) is 0 Å². The second-order valence-electron chi connectivity index (χ2n) is 3.13. The molecular weight excluding hydrogens is 441 g/mol. The van der Waals surface area contributed by atoms with E-state index in [1.54, 1.807) is 60.7 Å². The zero-order valence-corrected chi connectivity index (χ0v) is 16.3. The van der Waals surface area contributed by atoms with Gasteiger partial charge in [-0.25, -0.2) is 8.42 Å². The van der Waals surface area contributed by atoms with Gasteiger partial charge in [-0.2, -0.15) is 0 Å². The number of rotatable bonds is 2. The summed E-state index contributed by atoms with van der Waals surface area (Å²) in [6.07, 6.45) is 0. The first-order chi connectivity index (χ1) is 7.21. The molecule has 2 aromatic carbocycles. The van der Waals surface area contributed by atoms with Gasteiger partial charge in [0.25, 0.3) is 0 Å². The average Bonchev–Trinajstić information content (AvgIpc) is 2.31. The topological polar surface area (TPSA) is 34.1 Å². The first-order valence-corrected chi connectivity index (χ1v) is 6.05. The summed E-state index contributed by atoms with van der Waals surface area (Å²) in [5.74, 6) is 0. The molecule has 0 fully saturated rings. The van der Waals surface area contributed by atoms with Crippen molar-refractivity contribution < 1.29 is 84.2 Å². The van der Waals surface area contributed by atoms with Crippen molar-refractivity contribution in [3.63, 3.8) is 0 Å². The van der Waals surface area contributed by atoms with Crippen molar-refractivity contribution in [1.29, 1.82) is 0 Å². The largest absolute Gasteiger partial charge is 4.00 e. The third kappa shape index (κ3) is 6.93. The van der Waals surface area contributed by atoms with Gasteiger partial charge in [0.1, 0.15) is 0 Å². The molecule has 0 aliphatic carbocycles. The fourth-order valence-electron chi connectivity index (χ4n) is 1.34. The van der Waals surface area contributed by atoms with Gasteiger partial charge in [0.2, 0.25) is 9.84 Å². The molecule has 0 unspecified atom stereocenters. The molecule has 0 aromatic heterocycles. The van der Waals surface area contributed by atoms with Crippen molar-refractivity contribution >= 4 is 9.84 Å². The molecule has 0 heterocycles. The Bertz CT molecular complexity index is 505. The molecule has 0 amide bonds. The van der Waals surface area contributed by atoms with E-state index in [1.807, 2.05) is 0 Å². The van der Waals surface area contributed by atoms with Gasteiger partial charge in [-0.1, -0.05) is 36.4 Å². The molecule has 8 heteroatoms. The summed E-state index contributed by atoms with van der Waals surface area (Å²) >= 11 is 0. The van der Waals surface area contributed by atoms with Gasteiger partial charge >= 0.3 is 26.2 Å². The molecule has 0 saturated carbocycles. The van der Waals surface area contributed by atoms with Gasteiger partial charge in [0.05, 0.1) is 9.79 Å². The molecule has 20 heavy (non-hydrogen) atoms. The Hall–Kier alpha value is 0.433. The quantitative estimate of drug-likeness (QED) is 0.455. The minimum absolute atomic E-state index is 0. The maximum absolute atomic E-state index is 12.0. The van der Waals surface area contributed by atoms with Crippen LogP contribution in [0.25, 0.3) is 0 Å². The molecule has 2 rings (SSSR count).